The second-order valence-electron chi connectivity index (χ2n) is 2.62. The molecule has 1 rings (SSSR count). The van der Waals surface area contributed by atoms with Gasteiger partial charge in [-0.05, 0) is 75.7 Å². The quantitative estimate of drug-likeness (QED) is 0.554. The molecule has 0 aliphatic heterocycles. The lowest BCUT2D eigenvalue weighted by atomic mass is 10.2. The molecule has 0 aliphatic carbocycles. The van der Waals surface area contributed by atoms with Gasteiger partial charge in [-0.25, -0.2) is 0 Å². The minimum absolute atomic E-state index is 0.793. The minimum atomic E-state index is 0.793. The summed E-state index contributed by atoms with van der Waals surface area (Å²) in [5.41, 5.74) is 1.21. The highest BCUT2D eigenvalue weighted by atomic mass is 79.9. The molecule has 0 amide bonds. The second-order valence-corrected chi connectivity index (χ2v) is 5.79. The van der Waals surface area contributed by atoms with Crippen molar-refractivity contribution in [2.24, 2.45) is 0 Å². The van der Waals surface area contributed by atoms with Gasteiger partial charge in [0, 0.05) is 8.95 Å². The van der Waals surface area contributed by atoms with Gasteiger partial charge in [0.1, 0.15) is 5.75 Å². The van der Waals surface area contributed by atoms with Crippen LogP contribution in [0.2, 0.25) is 0 Å². The van der Waals surface area contributed by atoms with Gasteiger partial charge in [0.05, 0.1) is 16.1 Å². The number of methoxy groups -OCH3 is 1. The van der Waals surface area contributed by atoms with Crippen LogP contribution in [-0.2, 0) is 6.42 Å². The average molecular weight is 452 g/mol. The Morgan fingerprint density at radius 1 is 0.929 bits per heavy atom. The molecule has 1 nitrogen and oxygen atoms in total. The molecule has 0 heterocycles. The Kier molecular flexibility index (Phi) is 4.95. The van der Waals surface area contributed by atoms with Gasteiger partial charge < -0.3 is 4.74 Å². The second kappa shape index (κ2) is 5.32. The zero-order valence-corrected chi connectivity index (χ0v) is 14.0. The van der Waals surface area contributed by atoms with Crippen molar-refractivity contribution in [1.82, 2.24) is 0 Å². The molecule has 0 bridgehead atoms. The van der Waals surface area contributed by atoms with E-state index >= 15 is 0 Å². The van der Waals surface area contributed by atoms with Crippen LogP contribution in [0, 0.1) is 0 Å². The maximum absolute atomic E-state index is 5.28. The van der Waals surface area contributed by atoms with Crippen LogP contribution in [0.3, 0.4) is 0 Å². The molecule has 5 heteroatoms. The van der Waals surface area contributed by atoms with Crippen molar-refractivity contribution in [1.29, 1.82) is 0 Å². The zero-order chi connectivity index (χ0) is 10.9. The number of hydrogen-bond donors (Lipinski definition) is 0. The SMILES string of the molecule is CCc1c(Br)c(Br)c(OC)c(Br)c1Br. The Bertz CT molecular complexity index is 298. The monoisotopic (exact) mass is 448 g/mol. The maximum Gasteiger partial charge on any atom is 0.149 e. The molecule has 0 fully saturated rings. The Morgan fingerprint density at radius 3 is 1.64 bits per heavy atom. The van der Waals surface area contributed by atoms with Crippen molar-refractivity contribution in [3.8, 4) is 5.75 Å². The summed E-state index contributed by atoms with van der Waals surface area (Å²) in [6.45, 7) is 2.11. The van der Waals surface area contributed by atoms with Crippen LogP contribution >= 0.6 is 63.7 Å². The number of rotatable bonds is 2. The fourth-order valence-corrected chi connectivity index (χ4v) is 4.19. The lowest BCUT2D eigenvalue weighted by Crippen LogP contribution is -1.94. The molecular formula is C9H8Br4O. The van der Waals surface area contributed by atoms with Crippen LogP contribution < -0.4 is 4.74 Å². The summed E-state index contributed by atoms with van der Waals surface area (Å²) in [6, 6.07) is 0. The van der Waals surface area contributed by atoms with Gasteiger partial charge in [-0.2, -0.15) is 0 Å². The summed E-state index contributed by atoms with van der Waals surface area (Å²) in [5, 5.41) is 0. The van der Waals surface area contributed by atoms with E-state index in [0.29, 0.717) is 0 Å². The van der Waals surface area contributed by atoms with Crippen molar-refractivity contribution in [2.45, 2.75) is 13.3 Å². The minimum Gasteiger partial charge on any atom is -0.494 e. The lowest BCUT2D eigenvalue weighted by molar-refractivity contribution is 0.408. The van der Waals surface area contributed by atoms with Crippen LogP contribution in [0.25, 0.3) is 0 Å². The molecule has 0 saturated heterocycles. The van der Waals surface area contributed by atoms with Crippen molar-refractivity contribution in [3.63, 3.8) is 0 Å². The molecule has 0 aromatic heterocycles. The van der Waals surface area contributed by atoms with E-state index in [2.05, 4.69) is 70.6 Å². The fourth-order valence-electron chi connectivity index (χ4n) is 1.15. The summed E-state index contributed by atoms with van der Waals surface area (Å²) in [5.74, 6) is 0.793. The highest BCUT2D eigenvalue weighted by molar-refractivity contribution is 9.14. The van der Waals surface area contributed by atoms with Crippen LogP contribution in [0.15, 0.2) is 17.9 Å². The van der Waals surface area contributed by atoms with Crippen LogP contribution in [0.5, 0.6) is 5.75 Å². The zero-order valence-electron chi connectivity index (χ0n) is 7.63. The summed E-state index contributed by atoms with van der Waals surface area (Å²) in [7, 11) is 1.65. The molecule has 14 heavy (non-hydrogen) atoms. The summed E-state index contributed by atoms with van der Waals surface area (Å²) < 4.78 is 9.23. The molecule has 1 aromatic rings. The molecule has 0 atom stereocenters. The topological polar surface area (TPSA) is 9.23 Å². The third-order valence-corrected chi connectivity index (χ3v) is 6.20. The van der Waals surface area contributed by atoms with Crippen molar-refractivity contribution >= 4 is 63.7 Å². The highest BCUT2D eigenvalue weighted by Crippen LogP contribution is 2.46. The van der Waals surface area contributed by atoms with Crippen molar-refractivity contribution < 1.29 is 4.74 Å². The summed E-state index contributed by atoms with van der Waals surface area (Å²) in [4.78, 5) is 0. The number of hydrogen-bond acceptors (Lipinski definition) is 1. The first-order valence-electron chi connectivity index (χ1n) is 3.93. The number of benzene rings is 1. The van der Waals surface area contributed by atoms with E-state index in [-0.39, 0.29) is 0 Å². The standard InChI is InChI=1S/C9H8Br4O/c1-3-4-5(10)7(12)9(14-2)8(13)6(4)11/h3H2,1-2H3. The van der Waals surface area contributed by atoms with E-state index in [0.717, 1.165) is 30.1 Å². The fraction of sp³-hybridized carbons (Fsp3) is 0.333. The molecule has 0 radical (unpaired) electrons. The van der Waals surface area contributed by atoms with E-state index in [1.165, 1.54) is 5.56 Å². The molecule has 0 saturated carbocycles. The lowest BCUT2D eigenvalue weighted by Gasteiger charge is -2.14. The predicted molar refractivity (Wildman–Crippen MR) is 73.2 cm³/mol. The number of ether oxygens (including phenoxy) is 1. The van der Waals surface area contributed by atoms with Gasteiger partial charge in [-0.1, -0.05) is 6.92 Å². The Labute approximate surface area is 117 Å². The van der Waals surface area contributed by atoms with Crippen LogP contribution in [-0.4, -0.2) is 7.11 Å². The van der Waals surface area contributed by atoms with Gasteiger partial charge in [0.15, 0.2) is 0 Å². The Balaban J connectivity index is 3.55. The van der Waals surface area contributed by atoms with Gasteiger partial charge in [0.25, 0.3) is 0 Å². The van der Waals surface area contributed by atoms with Crippen LogP contribution in [0.1, 0.15) is 12.5 Å². The van der Waals surface area contributed by atoms with Crippen LogP contribution in [0.4, 0.5) is 0 Å². The highest BCUT2D eigenvalue weighted by Gasteiger charge is 2.18. The Morgan fingerprint density at radius 2 is 1.36 bits per heavy atom. The van der Waals surface area contributed by atoms with E-state index < -0.39 is 0 Å². The number of halogens is 4. The average Bonchev–Trinajstić information content (AvgIpc) is 2.17. The van der Waals surface area contributed by atoms with Crippen molar-refractivity contribution in [2.75, 3.05) is 7.11 Å². The molecular weight excluding hydrogens is 444 g/mol. The summed E-state index contributed by atoms with van der Waals surface area (Å²) >= 11 is 14.1. The van der Waals surface area contributed by atoms with Gasteiger partial charge >= 0.3 is 0 Å². The third kappa shape index (κ3) is 2.20. The largest absolute Gasteiger partial charge is 0.494 e. The van der Waals surface area contributed by atoms with Gasteiger partial charge in [-0.3, -0.25) is 0 Å². The van der Waals surface area contributed by atoms with Crippen molar-refractivity contribution in [3.05, 3.63) is 23.5 Å². The molecule has 78 valence electrons. The normalized spacial score (nSPS) is 10.4. The predicted octanol–water partition coefficient (Wildman–Crippen LogP) is 5.31. The molecule has 0 unspecified atom stereocenters. The third-order valence-electron chi connectivity index (χ3n) is 1.87. The first kappa shape index (κ1) is 13.0. The van der Waals surface area contributed by atoms with Gasteiger partial charge in [0.2, 0.25) is 0 Å². The first-order chi connectivity index (χ1) is 6.54. The smallest absolute Gasteiger partial charge is 0.149 e. The molecule has 0 aliphatic rings. The Hall–Kier alpha value is 0.940. The van der Waals surface area contributed by atoms with Gasteiger partial charge in [-0.15, -0.1) is 0 Å². The van der Waals surface area contributed by atoms with E-state index in [1.807, 2.05) is 0 Å². The molecule has 0 spiro atoms. The maximum atomic E-state index is 5.28. The summed E-state index contributed by atoms with van der Waals surface area (Å²) in [6.07, 6.45) is 0.947. The van der Waals surface area contributed by atoms with E-state index in [1.54, 1.807) is 7.11 Å². The van der Waals surface area contributed by atoms with E-state index in [9.17, 15) is 0 Å². The van der Waals surface area contributed by atoms with E-state index in [4.69, 9.17) is 4.74 Å². The molecule has 1 aromatic carbocycles. The first-order valence-corrected chi connectivity index (χ1v) is 7.10. The molecule has 0 N–H and O–H groups in total.